The molecule has 0 spiro atoms. The number of aryl methyl sites for hydroxylation is 1. The number of hydrogen-bond acceptors (Lipinski definition) is 4. The van der Waals surface area contributed by atoms with Gasteiger partial charge in [-0.15, -0.1) is 12.4 Å². The number of nitrogens with two attached hydrogens (primary N) is 1. The van der Waals surface area contributed by atoms with Crippen LogP contribution in [0.25, 0.3) is 0 Å². The highest BCUT2D eigenvalue weighted by Crippen LogP contribution is 2.21. The predicted molar refractivity (Wildman–Crippen MR) is 75.7 cm³/mol. The third kappa shape index (κ3) is 4.22. The molecule has 0 aliphatic heterocycles. The molecule has 106 valence electrons. The standard InChI is InChI=1S/C11H15N3O3S.ClH/c1-6-4-8(10(15)14-11(12)13)5-9(7(6)2)18(3,16)17;/h4-5H,1-3H3,(H4,12,13,14,15);1H. The van der Waals surface area contributed by atoms with E-state index in [1.165, 1.54) is 6.07 Å². The van der Waals surface area contributed by atoms with E-state index in [4.69, 9.17) is 11.1 Å². The maximum Gasteiger partial charge on any atom is 0.257 e. The van der Waals surface area contributed by atoms with Crippen molar-refractivity contribution in [1.82, 2.24) is 5.32 Å². The van der Waals surface area contributed by atoms with Crippen molar-refractivity contribution in [2.45, 2.75) is 18.7 Å². The number of amides is 1. The second kappa shape index (κ2) is 6.03. The molecule has 1 aromatic carbocycles. The van der Waals surface area contributed by atoms with Gasteiger partial charge in [-0.3, -0.25) is 15.5 Å². The number of sulfone groups is 1. The monoisotopic (exact) mass is 305 g/mol. The molecule has 0 aromatic heterocycles. The summed E-state index contributed by atoms with van der Waals surface area (Å²) in [4.78, 5) is 11.8. The van der Waals surface area contributed by atoms with Gasteiger partial charge in [-0.1, -0.05) is 0 Å². The van der Waals surface area contributed by atoms with Gasteiger partial charge in [0.25, 0.3) is 5.91 Å². The van der Waals surface area contributed by atoms with Crippen molar-refractivity contribution < 1.29 is 13.2 Å². The Kier molecular flexibility index (Phi) is 5.52. The minimum absolute atomic E-state index is 0. The fourth-order valence-electron chi connectivity index (χ4n) is 1.54. The number of halogens is 1. The molecule has 0 saturated carbocycles. The first-order valence-corrected chi connectivity index (χ1v) is 6.98. The molecule has 0 saturated heterocycles. The number of hydrogen-bond donors (Lipinski definition) is 3. The maximum atomic E-state index is 11.7. The predicted octanol–water partition coefficient (Wildman–Crippen LogP) is 0.752. The topological polar surface area (TPSA) is 113 Å². The summed E-state index contributed by atoms with van der Waals surface area (Å²) in [6.45, 7) is 3.40. The van der Waals surface area contributed by atoms with Crippen molar-refractivity contribution in [3.05, 3.63) is 28.8 Å². The lowest BCUT2D eigenvalue weighted by Gasteiger charge is -2.10. The lowest BCUT2D eigenvalue weighted by Crippen LogP contribution is -2.35. The average Bonchev–Trinajstić information content (AvgIpc) is 2.18. The lowest BCUT2D eigenvalue weighted by molar-refractivity contribution is 0.0976. The Morgan fingerprint density at radius 2 is 1.84 bits per heavy atom. The van der Waals surface area contributed by atoms with E-state index in [9.17, 15) is 13.2 Å². The molecule has 6 nitrogen and oxygen atoms in total. The molecule has 0 fully saturated rings. The van der Waals surface area contributed by atoms with E-state index in [-0.39, 0.29) is 22.9 Å². The highest BCUT2D eigenvalue weighted by atomic mass is 35.5. The first kappa shape index (κ1) is 17.4. The van der Waals surface area contributed by atoms with Crippen molar-refractivity contribution in [1.29, 1.82) is 5.41 Å². The van der Waals surface area contributed by atoms with Gasteiger partial charge in [-0.2, -0.15) is 0 Å². The molecular formula is C11H16ClN3O3S. The van der Waals surface area contributed by atoms with Crippen LogP contribution in [0.2, 0.25) is 0 Å². The second-order valence-electron chi connectivity index (χ2n) is 4.06. The summed E-state index contributed by atoms with van der Waals surface area (Å²) in [6.07, 6.45) is 1.08. The summed E-state index contributed by atoms with van der Waals surface area (Å²) >= 11 is 0. The maximum absolute atomic E-state index is 11.7. The molecular weight excluding hydrogens is 290 g/mol. The van der Waals surface area contributed by atoms with Crippen molar-refractivity contribution in [3.8, 4) is 0 Å². The van der Waals surface area contributed by atoms with Crippen LogP contribution in [0.15, 0.2) is 17.0 Å². The van der Waals surface area contributed by atoms with Crippen molar-refractivity contribution in [2.24, 2.45) is 5.73 Å². The molecule has 1 amide bonds. The number of carbonyl (C=O) groups is 1. The van der Waals surface area contributed by atoms with Crippen molar-refractivity contribution in [2.75, 3.05) is 6.26 Å². The Labute approximate surface area is 118 Å². The Balaban J connectivity index is 0.00000324. The SMILES string of the molecule is Cc1cc(C(=O)NC(=N)N)cc(S(C)(=O)=O)c1C.Cl. The zero-order chi connectivity index (χ0) is 14.1. The number of rotatable bonds is 2. The van der Waals surface area contributed by atoms with E-state index in [2.05, 4.69) is 5.32 Å². The molecule has 0 bridgehead atoms. The molecule has 19 heavy (non-hydrogen) atoms. The van der Waals surface area contributed by atoms with E-state index < -0.39 is 21.7 Å². The molecule has 1 rings (SSSR count). The number of benzene rings is 1. The molecule has 0 aliphatic rings. The summed E-state index contributed by atoms with van der Waals surface area (Å²) < 4.78 is 23.2. The van der Waals surface area contributed by atoms with Crippen LogP contribution in [-0.4, -0.2) is 26.5 Å². The van der Waals surface area contributed by atoms with Crippen molar-refractivity contribution in [3.63, 3.8) is 0 Å². The van der Waals surface area contributed by atoms with Crippen LogP contribution in [0.1, 0.15) is 21.5 Å². The molecule has 4 N–H and O–H groups in total. The van der Waals surface area contributed by atoms with Crippen LogP contribution in [0.3, 0.4) is 0 Å². The van der Waals surface area contributed by atoms with Gasteiger partial charge in [0, 0.05) is 11.8 Å². The molecule has 8 heteroatoms. The van der Waals surface area contributed by atoms with E-state index >= 15 is 0 Å². The van der Waals surface area contributed by atoms with E-state index in [0.717, 1.165) is 6.26 Å². The van der Waals surface area contributed by atoms with Crippen LogP contribution < -0.4 is 11.1 Å². The summed E-state index contributed by atoms with van der Waals surface area (Å²) in [6, 6.07) is 2.85. The van der Waals surface area contributed by atoms with Gasteiger partial charge in [0.05, 0.1) is 4.90 Å². The summed E-state index contributed by atoms with van der Waals surface area (Å²) in [5.74, 6) is -1.09. The molecule has 0 radical (unpaired) electrons. The van der Waals surface area contributed by atoms with Gasteiger partial charge in [-0.25, -0.2) is 8.42 Å². The summed E-state index contributed by atoms with van der Waals surface area (Å²) in [5, 5.41) is 9.09. The third-order valence-corrected chi connectivity index (χ3v) is 3.75. The van der Waals surface area contributed by atoms with Gasteiger partial charge in [0.15, 0.2) is 15.8 Å². The van der Waals surface area contributed by atoms with Crippen LogP contribution in [0.5, 0.6) is 0 Å². The van der Waals surface area contributed by atoms with Gasteiger partial charge in [-0.05, 0) is 37.1 Å². The van der Waals surface area contributed by atoms with Crippen LogP contribution in [0.4, 0.5) is 0 Å². The number of nitrogens with one attached hydrogen (secondary N) is 2. The number of guanidine groups is 1. The fraction of sp³-hybridized carbons (Fsp3) is 0.273. The van der Waals surface area contributed by atoms with Crippen molar-refractivity contribution >= 4 is 34.1 Å². The summed E-state index contributed by atoms with van der Waals surface area (Å²) in [5.41, 5.74) is 6.51. The zero-order valence-electron chi connectivity index (χ0n) is 10.8. The molecule has 0 unspecified atom stereocenters. The van der Waals surface area contributed by atoms with E-state index in [1.807, 2.05) is 0 Å². The Morgan fingerprint density at radius 3 is 2.26 bits per heavy atom. The normalized spacial score (nSPS) is 10.5. The first-order chi connectivity index (χ1) is 8.12. The smallest absolute Gasteiger partial charge is 0.257 e. The summed E-state index contributed by atoms with van der Waals surface area (Å²) in [7, 11) is -3.41. The zero-order valence-corrected chi connectivity index (χ0v) is 12.4. The molecule has 0 atom stereocenters. The lowest BCUT2D eigenvalue weighted by atomic mass is 10.1. The largest absolute Gasteiger partial charge is 0.370 e. The Morgan fingerprint density at radius 1 is 1.32 bits per heavy atom. The van der Waals surface area contributed by atoms with Crippen LogP contribution in [-0.2, 0) is 9.84 Å². The number of carbonyl (C=O) groups excluding carboxylic acids is 1. The van der Waals surface area contributed by atoms with Gasteiger partial charge in [0.1, 0.15) is 0 Å². The second-order valence-corrected chi connectivity index (χ2v) is 6.04. The van der Waals surface area contributed by atoms with Gasteiger partial charge < -0.3 is 5.73 Å². The minimum atomic E-state index is -3.41. The van der Waals surface area contributed by atoms with E-state index in [1.54, 1.807) is 19.9 Å². The van der Waals surface area contributed by atoms with Crippen LogP contribution in [0, 0.1) is 19.3 Å². The first-order valence-electron chi connectivity index (χ1n) is 5.09. The van der Waals surface area contributed by atoms with E-state index in [0.29, 0.717) is 11.1 Å². The van der Waals surface area contributed by atoms with Crippen LogP contribution >= 0.6 is 12.4 Å². The third-order valence-electron chi connectivity index (χ3n) is 2.53. The average molecular weight is 306 g/mol. The van der Waals surface area contributed by atoms with Gasteiger partial charge in [0.2, 0.25) is 0 Å². The van der Waals surface area contributed by atoms with Gasteiger partial charge >= 0.3 is 0 Å². The highest BCUT2D eigenvalue weighted by molar-refractivity contribution is 7.90. The highest BCUT2D eigenvalue weighted by Gasteiger charge is 2.17. The molecule has 0 heterocycles. The quantitative estimate of drug-likeness (QED) is 0.552. The fourth-order valence-corrected chi connectivity index (χ4v) is 2.60. The molecule has 1 aromatic rings. The Hall–Kier alpha value is -1.60. The minimum Gasteiger partial charge on any atom is -0.370 e. The molecule has 0 aliphatic carbocycles. The Bertz CT molecular complexity index is 626.